The van der Waals surface area contributed by atoms with E-state index in [-0.39, 0.29) is 6.61 Å². The summed E-state index contributed by atoms with van der Waals surface area (Å²) in [5, 5.41) is 8.79. The van der Waals surface area contributed by atoms with Crippen LogP contribution in [0.25, 0.3) is 0 Å². The van der Waals surface area contributed by atoms with Crippen LogP contribution in [0.1, 0.15) is 83.1 Å². The first-order chi connectivity index (χ1) is 11.4. The molecule has 0 aliphatic rings. The third-order valence-electron chi connectivity index (χ3n) is 4.33. The summed E-state index contributed by atoms with van der Waals surface area (Å²) in [4.78, 5) is 0. The van der Waals surface area contributed by atoms with Gasteiger partial charge in [0.25, 0.3) is 0 Å². The summed E-state index contributed by atoms with van der Waals surface area (Å²) in [5.41, 5.74) is 1.34. The van der Waals surface area contributed by atoms with Crippen LogP contribution in [0.15, 0.2) is 24.3 Å². The SMILES string of the molecule is CCCCCCCCCCCCCc1cccc(OCCO)c1. The van der Waals surface area contributed by atoms with Gasteiger partial charge in [-0.25, -0.2) is 0 Å². The quantitative estimate of drug-likeness (QED) is 0.407. The molecule has 2 heteroatoms. The van der Waals surface area contributed by atoms with Crippen LogP contribution >= 0.6 is 0 Å². The predicted molar refractivity (Wildman–Crippen MR) is 99.2 cm³/mol. The summed E-state index contributed by atoms with van der Waals surface area (Å²) >= 11 is 0. The second-order valence-electron chi connectivity index (χ2n) is 6.51. The zero-order valence-electron chi connectivity index (χ0n) is 15.1. The summed E-state index contributed by atoms with van der Waals surface area (Å²) in [5.74, 6) is 0.875. The largest absolute Gasteiger partial charge is 0.491 e. The van der Waals surface area contributed by atoms with Crippen LogP contribution in [-0.2, 0) is 6.42 Å². The minimum absolute atomic E-state index is 0.0723. The fourth-order valence-electron chi connectivity index (χ4n) is 2.95. The highest BCUT2D eigenvalue weighted by atomic mass is 16.5. The van der Waals surface area contributed by atoms with Gasteiger partial charge in [0.05, 0.1) is 6.61 Å². The van der Waals surface area contributed by atoms with Crippen LogP contribution in [0.2, 0.25) is 0 Å². The highest BCUT2D eigenvalue weighted by Gasteiger charge is 1.98. The molecule has 0 atom stereocenters. The molecule has 0 aliphatic carbocycles. The molecule has 0 saturated heterocycles. The normalized spacial score (nSPS) is 10.9. The van der Waals surface area contributed by atoms with Gasteiger partial charge in [0.15, 0.2) is 0 Å². The van der Waals surface area contributed by atoms with Crippen molar-refractivity contribution < 1.29 is 9.84 Å². The molecule has 0 fully saturated rings. The van der Waals surface area contributed by atoms with E-state index < -0.39 is 0 Å². The Hall–Kier alpha value is -1.02. The molecule has 0 heterocycles. The molecule has 132 valence electrons. The van der Waals surface area contributed by atoms with Gasteiger partial charge >= 0.3 is 0 Å². The summed E-state index contributed by atoms with van der Waals surface area (Å²) in [7, 11) is 0. The van der Waals surface area contributed by atoms with Crippen LogP contribution < -0.4 is 4.74 Å². The molecule has 0 aliphatic heterocycles. The maximum Gasteiger partial charge on any atom is 0.119 e. The lowest BCUT2D eigenvalue weighted by molar-refractivity contribution is 0.201. The van der Waals surface area contributed by atoms with E-state index in [1.165, 1.54) is 76.2 Å². The molecule has 1 N–H and O–H groups in total. The molecule has 1 aromatic carbocycles. The van der Waals surface area contributed by atoms with Crippen LogP contribution in [0, 0.1) is 0 Å². The lowest BCUT2D eigenvalue weighted by Gasteiger charge is -2.07. The zero-order chi connectivity index (χ0) is 16.6. The number of aliphatic hydroxyl groups excluding tert-OH is 1. The van der Waals surface area contributed by atoms with Crippen molar-refractivity contribution in [3.8, 4) is 5.75 Å². The van der Waals surface area contributed by atoms with E-state index in [0.29, 0.717) is 6.61 Å². The standard InChI is InChI=1S/C21H36O2/c1-2-3-4-5-6-7-8-9-10-11-12-14-20-15-13-16-21(19-20)23-18-17-22/h13,15-16,19,22H,2-12,14,17-18H2,1H3. The molecule has 0 amide bonds. The molecule has 0 unspecified atom stereocenters. The van der Waals surface area contributed by atoms with E-state index in [4.69, 9.17) is 9.84 Å². The lowest BCUT2D eigenvalue weighted by atomic mass is 10.0. The number of rotatable bonds is 15. The van der Waals surface area contributed by atoms with Crippen molar-refractivity contribution in [2.24, 2.45) is 0 Å². The van der Waals surface area contributed by atoms with Crippen molar-refractivity contribution in [1.29, 1.82) is 0 Å². The molecule has 23 heavy (non-hydrogen) atoms. The Balaban J connectivity index is 1.96. The number of hydrogen-bond donors (Lipinski definition) is 1. The number of benzene rings is 1. The van der Waals surface area contributed by atoms with E-state index in [2.05, 4.69) is 19.1 Å². The monoisotopic (exact) mass is 320 g/mol. The molecule has 0 bridgehead atoms. The van der Waals surface area contributed by atoms with Crippen molar-refractivity contribution in [2.75, 3.05) is 13.2 Å². The third kappa shape index (κ3) is 11.2. The topological polar surface area (TPSA) is 29.5 Å². The third-order valence-corrected chi connectivity index (χ3v) is 4.33. The van der Waals surface area contributed by atoms with Crippen molar-refractivity contribution in [3.05, 3.63) is 29.8 Å². The second-order valence-corrected chi connectivity index (χ2v) is 6.51. The second kappa shape index (κ2) is 14.6. The Bertz CT molecular complexity index is 376. The first-order valence-corrected chi connectivity index (χ1v) is 9.69. The average molecular weight is 321 g/mol. The Labute approximate surface area is 143 Å². The summed E-state index contributed by atoms with van der Waals surface area (Å²) in [6.07, 6.45) is 16.4. The Kier molecular flexibility index (Phi) is 12.7. The smallest absolute Gasteiger partial charge is 0.119 e. The van der Waals surface area contributed by atoms with Gasteiger partial charge in [-0.15, -0.1) is 0 Å². The van der Waals surface area contributed by atoms with Gasteiger partial charge in [0.1, 0.15) is 12.4 Å². The van der Waals surface area contributed by atoms with Gasteiger partial charge in [0.2, 0.25) is 0 Å². The van der Waals surface area contributed by atoms with Crippen molar-refractivity contribution in [1.82, 2.24) is 0 Å². The highest BCUT2D eigenvalue weighted by Crippen LogP contribution is 2.16. The first kappa shape index (κ1) is 20.0. The fourth-order valence-corrected chi connectivity index (χ4v) is 2.95. The van der Waals surface area contributed by atoms with Gasteiger partial charge in [0, 0.05) is 0 Å². The molecular formula is C21H36O2. The van der Waals surface area contributed by atoms with Crippen molar-refractivity contribution >= 4 is 0 Å². The molecule has 2 nitrogen and oxygen atoms in total. The van der Waals surface area contributed by atoms with E-state index >= 15 is 0 Å². The van der Waals surface area contributed by atoms with E-state index in [0.717, 1.165) is 12.2 Å². The molecule has 0 saturated carbocycles. The fraction of sp³-hybridized carbons (Fsp3) is 0.714. The van der Waals surface area contributed by atoms with Crippen LogP contribution in [-0.4, -0.2) is 18.3 Å². The molecule has 0 radical (unpaired) electrons. The average Bonchev–Trinajstić information content (AvgIpc) is 2.58. The van der Waals surface area contributed by atoms with E-state index in [9.17, 15) is 0 Å². The zero-order valence-corrected chi connectivity index (χ0v) is 15.1. The molecule has 0 spiro atoms. The Morgan fingerprint density at radius 3 is 2.04 bits per heavy atom. The van der Waals surface area contributed by atoms with E-state index in [1.807, 2.05) is 12.1 Å². The van der Waals surface area contributed by atoms with E-state index in [1.54, 1.807) is 0 Å². The van der Waals surface area contributed by atoms with Crippen molar-refractivity contribution in [3.63, 3.8) is 0 Å². The van der Waals surface area contributed by atoms with Gasteiger partial charge in [-0.05, 0) is 30.5 Å². The molecule has 0 aromatic heterocycles. The minimum Gasteiger partial charge on any atom is -0.491 e. The molecular weight excluding hydrogens is 284 g/mol. The lowest BCUT2D eigenvalue weighted by Crippen LogP contribution is -2.01. The molecule has 1 rings (SSSR count). The van der Waals surface area contributed by atoms with Crippen LogP contribution in [0.3, 0.4) is 0 Å². The van der Waals surface area contributed by atoms with Gasteiger partial charge < -0.3 is 9.84 Å². The number of ether oxygens (including phenoxy) is 1. The van der Waals surface area contributed by atoms with Gasteiger partial charge in [-0.2, -0.15) is 0 Å². The summed E-state index contributed by atoms with van der Waals surface area (Å²) < 4.78 is 5.45. The molecule has 1 aromatic rings. The van der Waals surface area contributed by atoms with Gasteiger partial charge in [-0.1, -0.05) is 83.3 Å². The van der Waals surface area contributed by atoms with Crippen LogP contribution in [0.5, 0.6) is 5.75 Å². The maximum atomic E-state index is 8.79. The number of aryl methyl sites for hydroxylation is 1. The predicted octanol–water partition coefficient (Wildman–Crippen LogP) is 5.91. The number of aliphatic hydroxyl groups is 1. The minimum atomic E-state index is 0.0723. The van der Waals surface area contributed by atoms with Crippen LogP contribution in [0.4, 0.5) is 0 Å². The number of hydrogen-bond acceptors (Lipinski definition) is 2. The maximum absolute atomic E-state index is 8.79. The highest BCUT2D eigenvalue weighted by molar-refractivity contribution is 5.28. The summed E-state index contributed by atoms with van der Waals surface area (Å²) in [6, 6.07) is 8.27. The Morgan fingerprint density at radius 2 is 1.43 bits per heavy atom. The van der Waals surface area contributed by atoms with Gasteiger partial charge in [-0.3, -0.25) is 0 Å². The van der Waals surface area contributed by atoms with Crippen molar-refractivity contribution in [2.45, 2.75) is 84.0 Å². The Morgan fingerprint density at radius 1 is 0.826 bits per heavy atom. The number of unbranched alkanes of at least 4 members (excludes halogenated alkanes) is 10. The summed E-state index contributed by atoms with van der Waals surface area (Å²) in [6.45, 7) is 2.73. The first-order valence-electron chi connectivity index (χ1n) is 9.69.